The number of hydrogen-bond donors (Lipinski definition) is 1. The standard InChI is InChI=1S/C23H36N2O2/c1-14-18-6-7-20-17-5-4-15-12-16(27-21(24)26)8-10-22(15,2)19(17)9-11-23(18,20)13-25(14)3/h4,14,16-20H,5-13H2,1-3H3,(H2,24,26). The molecule has 0 aromatic carbocycles. The molecule has 1 amide bonds. The molecule has 8 unspecified atom stereocenters. The smallest absolute Gasteiger partial charge is 0.404 e. The Labute approximate surface area is 163 Å². The predicted molar refractivity (Wildman–Crippen MR) is 106 cm³/mol. The quantitative estimate of drug-likeness (QED) is 0.697. The number of likely N-dealkylation sites (tertiary alicyclic amines) is 1. The molecule has 150 valence electrons. The SMILES string of the molecule is CC1C2CCC3C4CC=C5CC(OC(N)=O)CCC5(C)C4CCC32CN1C. The van der Waals surface area contributed by atoms with Crippen LogP contribution in [-0.2, 0) is 4.74 Å². The minimum Gasteiger partial charge on any atom is -0.446 e. The zero-order chi connectivity index (χ0) is 19.0. The van der Waals surface area contributed by atoms with Gasteiger partial charge in [0.2, 0.25) is 0 Å². The Balaban J connectivity index is 1.42. The number of primary amides is 1. The van der Waals surface area contributed by atoms with Gasteiger partial charge in [0.15, 0.2) is 0 Å². The molecule has 4 aliphatic carbocycles. The highest BCUT2D eigenvalue weighted by Crippen LogP contribution is 2.68. The minimum absolute atomic E-state index is 0.00602. The Morgan fingerprint density at radius 3 is 2.74 bits per heavy atom. The number of rotatable bonds is 1. The number of hydrogen-bond acceptors (Lipinski definition) is 3. The molecule has 0 aromatic rings. The van der Waals surface area contributed by atoms with Crippen LogP contribution in [0.2, 0.25) is 0 Å². The lowest BCUT2D eigenvalue weighted by molar-refractivity contribution is -0.0485. The van der Waals surface area contributed by atoms with Crippen LogP contribution in [-0.4, -0.2) is 36.7 Å². The molecule has 0 aromatic heterocycles. The Hall–Kier alpha value is -1.03. The Morgan fingerprint density at radius 2 is 1.96 bits per heavy atom. The number of ether oxygens (including phenoxy) is 1. The third kappa shape index (κ3) is 2.41. The van der Waals surface area contributed by atoms with E-state index in [-0.39, 0.29) is 6.10 Å². The molecule has 0 bridgehead atoms. The monoisotopic (exact) mass is 372 g/mol. The molecule has 5 aliphatic rings. The van der Waals surface area contributed by atoms with Gasteiger partial charge in [0.1, 0.15) is 6.10 Å². The molecule has 1 aliphatic heterocycles. The second kappa shape index (κ2) is 5.98. The average Bonchev–Trinajstić information content (AvgIpc) is 3.09. The molecule has 2 N–H and O–H groups in total. The van der Waals surface area contributed by atoms with Gasteiger partial charge in [0.25, 0.3) is 0 Å². The van der Waals surface area contributed by atoms with Gasteiger partial charge in [-0.25, -0.2) is 4.79 Å². The van der Waals surface area contributed by atoms with E-state index in [0.717, 1.165) is 49.0 Å². The van der Waals surface area contributed by atoms with Crippen molar-refractivity contribution >= 4 is 6.09 Å². The van der Waals surface area contributed by atoms with Gasteiger partial charge in [0.05, 0.1) is 0 Å². The van der Waals surface area contributed by atoms with E-state index in [1.54, 1.807) is 5.57 Å². The fourth-order valence-corrected chi connectivity index (χ4v) is 8.69. The van der Waals surface area contributed by atoms with Crippen molar-refractivity contribution in [2.24, 2.45) is 40.2 Å². The number of carbonyl (C=O) groups is 1. The molecular weight excluding hydrogens is 336 g/mol. The first-order chi connectivity index (χ1) is 12.8. The topological polar surface area (TPSA) is 55.6 Å². The van der Waals surface area contributed by atoms with E-state index in [1.807, 2.05) is 0 Å². The Morgan fingerprint density at radius 1 is 1.19 bits per heavy atom. The van der Waals surface area contributed by atoms with Gasteiger partial charge >= 0.3 is 6.09 Å². The van der Waals surface area contributed by atoms with E-state index in [9.17, 15) is 4.79 Å². The van der Waals surface area contributed by atoms with Crippen LogP contribution in [0.25, 0.3) is 0 Å². The molecule has 4 fully saturated rings. The van der Waals surface area contributed by atoms with Crippen molar-refractivity contribution in [3.8, 4) is 0 Å². The van der Waals surface area contributed by atoms with E-state index in [1.165, 1.54) is 38.6 Å². The van der Waals surface area contributed by atoms with Crippen LogP contribution in [0.15, 0.2) is 11.6 Å². The number of allylic oxidation sites excluding steroid dienone is 1. The lowest BCUT2D eigenvalue weighted by atomic mass is 9.47. The normalized spacial score (nSPS) is 51.6. The highest BCUT2D eigenvalue weighted by Gasteiger charge is 2.63. The van der Waals surface area contributed by atoms with Gasteiger partial charge in [-0.2, -0.15) is 0 Å². The molecule has 4 nitrogen and oxygen atoms in total. The van der Waals surface area contributed by atoms with E-state index >= 15 is 0 Å². The number of nitrogens with two attached hydrogens (primary N) is 1. The molecule has 1 spiro atoms. The van der Waals surface area contributed by atoms with E-state index in [0.29, 0.717) is 10.8 Å². The molecule has 0 radical (unpaired) electrons. The summed E-state index contributed by atoms with van der Waals surface area (Å²) in [5, 5.41) is 0. The molecule has 27 heavy (non-hydrogen) atoms. The van der Waals surface area contributed by atoms with Gasteiger partial charge in [-0.15, -0.1) is 0 Å². The maximum Gasteiger partial charge on any atom is 0.404 e. The average molecular weight is 373 g/mol. The van der Waals surface area contributed by atoms with Gasteiger partial charge in [-0.3, -0.25) is 0 Å². The van der Waals surface area contributed by atoms with Gasteiger partial charge in [-0.05, 0) is 93.4 Å². The summed E-state index contributed by atoms with van der Waals surface area (Å²) in [5.74, 6) is 3.53. The van der Waals surface area contributed by atoms with Crippen molar-refractivity contribution in [1.82, 2.24) is 4.90 Å². The number of nitrogens with zero attached hydrogens (tertiary/aromatic N) is 1. The number of fused-ring (bicyclic) bond motifs is 4. The zero-order valence-corrected chi connectivity index (χ0v) is 17.2. The third-order valence-corrected chi connectivity index (χ3v) is 9.95. The molecular formula is C23H36N2O2. The molecule has 1 heterocycles. The largest absolute Gasteiger partial charge is 0.446 e. The van der Waals surface area contributed by atoms with Crippen molar-refractivity contribution in [2.45, 2.75) is 77.4 Å². The summed E-state index contributed by atoms with van der Waals surface area (Å²) in [6, 6.07) is 0.762. The van der Waals surface area contributed by atoms with Gasteiger partial charge in [-0.1, -0.05) is 18.6 Å². The van der Waals surface area contributed by atoms with Crippen LogP contribution in [0.4, 0.5) is 4.79 Å². The summed E-state index contributed by atoms with van der Waals surface area (Å²) >= 11 is 0. The highest BCUT2D eigenvalue weighted by molar-refractivity contribution is 5.64. The predicted octanol–water partition coefficient (Wildman–Crippen LogP) is 4.34. The Bertz CT molecular complexity index is 675. The van der Waals surface area contributed by atoms with Crippen molar-refractivity contribution in [2.75, 3.05) is 13.6 Å². The van der Waals surface area contributed by atoms with Crippen LogP contribution in [0.5, 0.6) is 0 Å². The van der Waals surface area contributed by atoms with Crippen LogP contribution < -0.4 is 5.73 Å². The first-order valence-corrected chi connectivity index (χ1v) is 11.2. The summed E-state index contributed by atoms with van der Waals surface area (Å²) in [7, 11) is 2.35. The van der Waals surface area contributed by atoms with Crippen LogP contribution in [0.1, 0.15) is 65.2 Å². The van der Waals surface area contributed by atoms with Crippen molar-refractivity contribution in [3.63, 3.8) is 0 Å². The maximum atomic E-state index is 11.2. The summed E-state index contributed by atoms with van der Waals surface area (Å²) in [6.07, 6.45) is 11.9. The van der Waals surface area contributed by atoms with E-state index in [4.69, 9.17) is 10.5 Å². The fourth-order valence-electron chi connectivity index (χ4n) is 8.69. The zero-order valence-electron chi connectivity index (χ0n) is 17.2. The lowest BCUT2D eigenvalue weighted by Crippen LogP contribution is -2.51. The molecule has 5 rings (SSSR count). The Kier molecular flexibility index (Phi) is 3.99. The first-order valence-electron chi connectivity index (χ1n) is 11.2. The second-order valence-electron chi connectivity index (χ2n) is 10.7. The number of amides is 1. The highest BCUT2D eigenvalue weighted by atomic mass is 16.6. The van der Waals surface area contributed by atoms with Crippen molar-refractivity contribution in [3.05, 3.63) is 11.6 Å². The van der Waals surface area contributed by atoms with E-state index < -0.39 is 6.09 Å². The van der Waals surface area contributed by atoms with Crippen LogP contribution in [0.3, 0.4) is 0 Å². The minimum atomic E-state index is -0.617. The van der Waals surface area contributed by atoms with Gasteiger partial charge in [0, 0.05) is 19.0 Å². The fraction of sp³-hybridized carbons (Fsp3) is 0.870. The summed E-state index contributed by atoms with van der Waals surface area (Å²) in [4.78, 5) is 13.8. The maximum absolute atomic E-state index is 11.2. The number of carbonyl (C=O) groups excluding carboxylic acids is 1. The third-order valence-electron chi connectivity index (χ3n) is 9.95. The summed E-state index contributed by atoms with van der Waals surface area (Å²) in [6.45, 7) is 6.31. The molecule has 3 saturated carbocycles. The molecule has 1 saturated heterocycles. The van der Waals surface area contributed by atoms with Crippen LogP contribution >= 0.6 is 0 Å². The first kappa shape index (κ1) is 18.0. The van der Waals surface area contributed by atoms with E-state index in [2.05, 4.69) is 31.9 Å². The molecule has 4 heteroatoms. The second-order valence-corrected chi connectivity index (χ2v) is 10.7. The summed E-state index contributed by atoms with van der Waals surface area (Å²) < 4.78 is 5.36. The van der Waals surface area contributed by atoms with Crippen molar-refractivity contribution < 1.29 is 9.53 Å². The summed E-state index contributed by atoms with van der Waals surface area (Å²) in [5.41, 5.74) is 7.75. The lowest BCUT2D eigenvalue weighted by Gasteiger charge is -2.58. The van der Waals surface area contributed by atoms with Crippen molar-refractivity contribution in [1.29, 1.82) is 0 Å². The van der Waals surface area contributed by atoms with Gasteiger partial charge < -0.3 is 15.4 Å². The van der Waals surface area contributed by atoms with Crippen LogP contribution in [0, 0.1) is 34.5 Å². The molecule has 8 atom stereocenters.